The Morgan fingerprint density at radius 1 is 1.03 bits per heavy atom. The van der Waals surface area contributed by atoms with Gasteiger partial charge in [0.15, 0.2) is 5.54 Å². The molecule has 3 heterocycles. The highest BCUT2D eigenvalue weighted by molar-refractivity contribution is 7.10. The molecule has 6 nitrogen and oxygen atoms in total. The van der Waals surface area contributed by atoms with Crippen LogP contribution < -0.4 is 10.2 Å². The molecule has 2 saturated heterocycles. The van der Waals surface area contributed by atoms with E-state index < -0.39 is 47.0 Å². The van der Waals surface area contributed by atoms with Crippen LogP contribution in [0.2, 0.25) is 0 Å². The minimum atomic E-state index is -1.54. The molecule has 2 aliphatic heterocycles. The van der Waals surface area contributed by atoms with Gasteiger partial charge in [-0.1, -0.05) is 36.4 Å². The van der Waals surface area contributed by atoms with Crippen molar-refractivity contribution in [3.63, 3.8) is 0 Å². The predicted molar refractivity (Wildman–Crippen MR) is 116 cm³/mol. The van der Waals surface area contributed by atoms with Crippen LogP contribution in [0.15, 0.2) is 72.1 Å². The number of amides is 2. The number of fused-ring (bicyclic) bond motifs is 1. The molecule has 2 aliphatic rings. The maximum absolute atomic E-state index is 13.8. The first-order chi connectivity index (χ1) is 15.5. The van der Waals surface area contributed by atoms with E-state index in [1.165, 1.54) is 42.7 Å². The average molecular weight is 450 g/mol. The zero-order valence-corrected chi connectivity index (χ0v) is 17.8. The number of imide groups is 1. The van der Waals surface area contributed by atoms with Crippen molar-refractivity contribution in [1.82, 2.24) is 5.32 Å². The van der Waals surface area contributed by atoms with Crippen LogP contribution in [0.4, 0.5) is 10.1 Å². The number of methoxy groups -OCH3 is 1. The largest absolute Gasteiger partial charge is 0.467 e. The summed E-state index contributed by atoms with van der Waals surface area (Å²) in [6.07, 6.45) is 0. The van der Waals surface area contributed by atoms with Gasteiger partial charge in [0, 0.05) is 4.88 Å². The van der Waals surface area contributed by atoms with E-state index in [1.807, 2.05) is 23.6 Å². The highest BCUT2D eigenvalue weighted by Crippen LogP contribution is 2.54. The molecule has 2 aromatic carbocycles. The van der Waals surface area contributed by atoms with Crippen molar-refractivity contribution in [1.29, 1.82) is 0 Å². The Kier molecular flexibility index (Phi) is 4.91. The molecule has 1 N–H and O–H groups in total. The number of anilines is 1. The first kappa shape index (κ1) is 20.5. The van der Waals surface area contributed by atoms with E-state index in [-0.39, 0.29) is 5.69 Å². The molecular formula is C24H19FN2O4S. The highest BCUT2D eigenvalue weighted by Gasteiger charge is 2.69. The number of hydrogen-bond acceptors (Lipinski definition) is 6. The summed E-state index contributed by atoms with van der Waals surface area (Å²) in [6.45, 7) is 0. The summed E-state index contributed by atoms with van der Waals surface area (Å²) >= 11 is 1.44. The molecule has 0 aliphatic carbocycles. The second-order valence-electron chi connectivity index (χ2n) is 7.79. The van der Waals surface area contributed by atoms with E-state index in [2.05, 4.69) is 5.32 Å². The van der Waals surface area contributed by atoms with Gasteiger partial charge in [-0.15, -0.1) is 11.3 Å². The lowest BCUT2D eigenvalue weighted by atomic mass is 9.75. The monoisotopic (exact) mass is 450 g/mol. The van der Waals surface area contributed by atoms with Crippen molar-refractivity contribution in [2.45, 2.75) is 11.6 Å². The minimum Gasteiger partial charge on any atom is -0.467 e. The standard InChI is InChI=1S/C24H19FN2O4S/c1-31-23(30)24(14-6-3-2-4-7-14)19-18(20(26-24)17-8-5-13-32-17)21(28)27(22(19)29)16-11-9-15(25)10-12-16/h2-13,18-20,26H,1H3/t18-,19-,20-,24-/m0/s1. The van der Waals surface area contributed by atoms with Crippen LogP contribution in [-0.2, 0) is 24.7 Å². The average Bonchev–Trinajstić information content (AvgIpc) is 3.52. The van der Waals surface area contributed by atoms with Gasteiger partial charge in [-0.2, -0.15) is 0 Å². The van der Waals surface area contributed by atoms with Crippen LogP contribution in [0.3, 0.4) is 0 Å². The fourth-order valence-corrected chi connectivity index (χ4v) is 5.72. The number of thiophene rings is 1. The van der Waals surface area contributed by atoms with E-state index >= 15 is 0 Å². The third-order valence-electron chi connectivity index (χ3n) is 6.23. The van der Waals surface area contributed by atoms with Crippen LogP contribution in [0.25, 0.3) is 0 Å². The van der Waals surface area contributed by atoms with E-state index in [0.29, 0.717) is 5.56 Å². The highest BCUT2D eigenvalue weighted by atomic mass is 32.1. The number of hydrogen-bond donors (Lipinski definition) is 1. The van der Waals surface area contributed by atoms with Gasteiger partial charge in [0.2, 0.25) is 11.8 Å². The molecule has 162 valence electrons. The lowest BCUT2D eigenvalue weighted by Crippen LogP contribution is -2.53. The number of carbonyl (C=O) groups excluding carboxylic acids is 3. The second-order valence-corrected chi connectivity index (χ2v) is 8.77. The molecule has 0 saturated carbocycles. The Morgan fingerprint density at radius 3 is 2.38 bits per heavy atom. The van der Waals surface area contributed by atoms with Gasteiger partial charge in [-0.25, -0.2) is 14.1 Å². The quantitative estimate of drug-likeness (QED) is 0.487. The number of nitrogens with zero attached hydrogens (tertiary/aromatic N) is 1. The molecule has 32 heavy (non-hydrogen) atoms. The number of nitrogens with one attached hydrogen (secondary N) is 1. The van der Waals surface area contributed by atoms with Crippen LogP contribution in [0.1, 0.15) is 16.5 Å². The van der Waals surface area contributed by atoms with Crippen molar-refractivity contribution < 1.29 is 23.5 Å². The summed E-state index contributed by atoms with van der Waals surface area (Å²) in [7, 11) is 1.27. The topological polar surface area (TPSA) is 75.7 Å². The van der Waals surface area contributed by atoms with Gasteiger partial charge in [0.1, 0.15) is 5.82 Å². The minimum absolute atomic E-state index is 0.271. The molecule has 2 fully saturated rings. The van der Waals surface area contributed by atoms with Gasteiger partial charge < -0.3 is 4.74 Å². The summed E-state index contributed by atoms with van der Waals surface area (Å²) in [5.41, 5.74) is -0.729. The van der Waals surface area contributed by atoms with Gasteiger partial charge in [-0.05, 0) is 41.3 Å². The molecule has 3 aromatic rings. The van der Waals surface area contributed by atoms with Gasteiger partial charge >= 0.3 is 5.97 Å². The smallest absolute Gasteiger partial charge is 0.331 e. The summed E-state index contributed by atoms with van der Waals surface area (Å²) in [6, 6.07) is 17.2. The Balaban J connectivity index is 1.71. The molecule has 8 heteroatoms. The third-order valence-corrected chi connectivity index (χ3v) is 7.19. The molecule has 0 radical (unpaired) electrons. The molecule has 0 spiro atoms. The molecule has 0 unspecified atom stereocenters. The molecule has 1 aromatic heterocycles. The Hall–Kier alpha value is -3.36. The van der Waals surface area contributed by atoms with Crippen molar-refractivity contribution in [3.05, 3.63) is 88.4 Å². The number of esters is 1. The molecule has 4 atom stereocenters. The molecule has 5 rings (SSSR count). The fraction of sp³-hybridized carbons (Fsp3) is 0.208. The van der Waals surface area contributed by atoms with E-state index in [4.69, 9.17) is 4.74 Å². The summed E-state index contributed by atoms with van der Waals surface area (Å²) < 4.78 is 18.7. The van der Waals surface area contributed by atoms with Gasteiger partial charge in [0.05, 0.1) is 30.7 Å². The molecule has 0 bridgehead atoms. The normalized spacial score (nSPS) is 26.9. The van der Waals surface area contributed by atoms with Crippen molar-refractivity contribution >= 4 is 34.8 Å². The fourth-order valence-electron chi connectivity index (χ4n) is 4.90. The zero-order valence-electron chi connectivity index (χ0n) is 17.0. The van der Waals surface area contributed by atoms with Crippen LogP contribution >= 0.6 is 11.3 Å². The van der Waals surface area contributed by atoms with Crippen LogP contribution in [0, 0.1) is 17.7 Å². The summed E-state index contributed by atoms with van der Waals surface area (Å²) in [5.74, 6) is -3.92. The first-order valence-corrected chi connectivity index (χ1v) is 11.0. The maximum Gasteiger partial charge on any atom is 0.331 e. The number of benzene rings is 2. The first-order valence-electron chi connectivity index (χ1n) is 10.1. The van der Waals surface area contributed by atoms with Crippen molar-refractivity contribution in [3.8, 4) is 0 Å². The third kappa shape index (κ3) is 2.83. The van der Waals surface area contributed by atoms with Crippen LogP contribution in [-0.4, -0.2) is 24.9 Å². The lowest BCUT2D eigenvalue weighted by molar-refractivity contribution is -0.152. The van der Waals surface area contributed by atoms with E-state index in [1.54, 1.807) is 24.3 Å². The Bertz CT molecular complexity index is 1180. The van der Waals surface area contributed by atoms with E-state index in [0.717, 1.165) is 9.78 Å². The number of carbonyl (C=O) groups is 3. The second kappa shape index (κ2) is 7.65. The summed E-state index contributed by atoms with van der Waals surface area (Å²) in [4.78, 5) is 42.6. The zero-order chi connectivity index (χ0) is 22.5. The Morgan fingerprint density at radius 2 is 1.75 bits per heavy atom. The van der Waals surface area contributed by atoms with Gasteiger partial charge in [0.25, 0.3) is 0 Å². The number of rotatable bonds is 4. The maximum atomic E-state index is 13.8. The summed E-state index contributed by atoms with van der Waals surface area (Å²) in [5, 5.41) is 5.21. The molecular weight excluding hydrogens is 431 g/mol. The molecule has 2 amide bonds. The van der Waals surface area contributed by atoms with Crippen LogP contribution in [0.5, 0.6) is 0 Å². The Labute approximate surface area is 187 Å². The van der Waals surface area contributed by atoms with E-state index in [9.17, 15) is 18.8 Å². The SMILES string of the molecule is COC(=O)[C@@]1(c2ccccc2)N[C@@H](c2cccs2)[C@H]2C(=O)N(c3ccc(F)cc3)C(=O)[C@H]21. The lowest BCUT2D eigenvalue weighted by Gasteiger charge is -2.32. The number of halogens is 1. The van der Waals surface area contributed by atoms with Gasteiger partial charge in [-0.3, -0.25) is 14.9 Å². The van der Waals surface area contributed by atoms with Crippen molar-refractivity contribution in [2.75, 3.05) is 12.0 Å². The van der Waals surface area contributed by atoms with Crippen molar-refractivity contribution in [2.24, 2.45) is 11.8 Å². The number of ether oxygens (including phenoxy) is 1. The predicted octanol–water partition coefficient (Wildman–Crippen LogP) is 3.41.